The van der Waals surface area contributed by atoms with E-state index < -0.39 is 0 Å². The Kier molecular flexibility index (Phi) is 2.19. The second-order valence-electron chi connectivity index (χ2n) is 4.13. The Morgan fingerprint density at radius 1 is 1.50 bits per heavy atom. The van der Waals surface area contributed by atoms with E-state index in [1.807, 2.05) is 11.8 Å². The van der Waals surface area contributed by atoms with Crippen LogP contribution in [-0.2, 0) is 4.79 Å². The second-order valence-corrected chi connectivity index (χ2v) is 5.28. The number of ketones is 1. The third-order valence-electron chi connectivity index (χ3n) is 3.43. The van der Waals surface area contributed by atoms with E-state index in [-0.39, 0.29) is 5.41 Å². The lowest BCUT2D eigenvalue weighted by atomic mass is 9.84. The molecule has 12 heavy (non-hydrogen) atoms. The van der Waals surface area contributed by atoms with Gasteiger partial charge in [0.05, 0.1) is 0 Å². The van der Waals surface area contributed by atoms with Crippen molar-refractivity contribution < 1.29 is 4.79 Å². The van der Waals surface area contributed by atoms with Crippen molar-refractivity contribution in [2.24, 2.45) is 11.3 Å². The lowest BCUT2D eigenvalue weighted by molar-refractivity contribution is -0.123. The zero-order chi connectivity index (χ0) is 8.60. The number of Topliss-reactive ketones (excluding diaryl/α,β-unsaturated/α-hetero) is 1. The van der Waals surface area contributed by atoms with Crippen LogP contribution in [0.1, 0.15) is 32.6 Å². The van der Waals surface area contributed by atoms with E-state index in [9.17, 15) is 4.79 Å². The summed E-state index contributed by atoms with van der Waals surface area (Å²) in [6.07, 6.45) is 4.97. The summed E-state index contributed by atoms with van der Waals surface area (Å²) in [6, 6.07) is 0. The van der Waals surface area contributed by atoms with Crippen LogP contribution in [0.5, 0.6) is 0 Å². The highest BCUT2D eigenvalue weighted by atomic mass is 32.2. The van der Waals surface area contributed by atoms with E-state index in [0.717, 1.165) is 0 Å². The molecule has 0 amide bonds. The number of thioether (sulfide) groups is 1. The van der Waals surface area contributed by atoms with Gasteiger partial charge in [0.25, 0.3) is 0 Å². The maximum atomic E-state index is 11.4. The second kappa shape index (κ2) is 3.06. The monoisotopic (exact) mass is 184 g/mol. The van der Waals surface area contributed by atoms with Crippen LogP contribution in [-0.4, -0.2) is 17.3 Å². The average molecular weight is 184 g/mol. The van der Waals surface area contributed by atoms with Crippen molar-refractivity contribution in [2.45, 2.75) is 32.6 Å². The van der Waals surface area contributed by atoms with Gasteiger partial charge >= 0.3 is 0 Å². The van der Waals surface area contributed by atoms with Crippen LogP contribution < -0.4 is 0 Å². The van der Waals surface area contributed by atoms with Crippen molar-refractivity contribution in [1.82, 2.24) is 0 Å². The first-order valence-corrected chi connectivity index (χ1v) is 6.00. The summed E-state index contributed by atoms with van der Waals surface area (Å²) in [5, 5.41) is 0. The van der Waals surface area contributed by atoms with Gasteiger partial charge in [-0.1, -0.05) is 0 Å². The number of carbonyl (C=O) groups excluding carboxylic acids is 1. The number of hydrogen-bond acceptors (Lipinski definition) is 2. The number of carbonyl (C=O) groups is 1. The quantitative estimate of drug-likeness (QED) is 0.656. The lowest BCUT2D eigenvalue weighted by Crippen LogP contribution is -2.27. The first-order chi connectivity index (χ1) is 5.76. The topological polar surface area (TPSA) is 17.1 Å². The first-order valence-electron chi connectivity index (χ1n) is 4.84. The van der Waals surface area contributed by atoms with Crippen LogP contribution in [0.4, 0.5) is 0 Å². The van der Waals surface area contributed by atoms with Crippen molar-refractivity contribution in [3.63, 3.8) is 0 Å². The molecule has 0 spiro atoms. The molecule has 1 saturated carbocycles. The molecule has 1 unspecified atom stereocenters. The molecule has 2 aliphatic rings. The molecule has 2 rings (SSSR count). The fourth-order valence-electron chi connectivity index (χ4n) is 2.36. The molecule has 0 aromatic heterocycles. The molecule has 0 bridgehead atoms. The molecule has 1 aliphatic heterocycles. The molecule has 0 aromatic carbocycles. The van der Waals surface area contributed by atoms with Crippen LogP contribution in [0, 0.1) is 11.3 Å². The highest BCUT2D eigenvalue weighted by Crippen LogP contribution is 2.56. The summed E-state index contributed by atoms with van der Waals surface area (Å²) in [7, 11) is 0. The molecule has 1 heterocycles. The van der Waals surface area contributed by atoms with Gasteiger partial charge in [-0.3, -0.25) is 4.79 Å². The van der Waals surface area contributed by atoms with E-state index in [1.54, 1.807) is 6.92 Å². The highest BCUT2D eigenvalue weighted by molar-refractivity contribution is 7.99. The van der Waals surface area contributed by atoms with Gasteiger partial charge in [0.1, 0.15) is 5.78 Å². The van der Waals surface area contributed by atoms with Gasteiger partial charge in [-0.2, -0.15) is 11.8 Å². The Balaban J connectivity index is 2.02. The molecular weight excluding hydrogens is 168 g/mol. The van der Waals surface area contributed by atoms with Gasteiger partial charge in [-0.25, -0.2) is 0 Å². The molecule has 1 saturated heterocycles. The third kappa shape index (κ3) is 1.30. The Bertz CT molecular complexity index is 190. The highest BCUT2D eigenvalue weighted by Gasteiger charge is 2.52. The van der Waals surface area contributed by atoms with Gasteiger partial charge < -0.3 is 0 Å². The third-order valence-corrected chi connectivity index (χ3v) is 4.65. The Labute approximate surface area is 78.3 Å². The minimum absolute atomic E-state index is 0.160. The zero-order valence-electron chi connectivity index (χ0n) is 7.64. The molecule has 0 aromatic rings. The molecule has 1 nitrogen and oxygen atoms in total. The van der Waals surface area contributed by atoms with Gasteiger partial charge in [0, 0.05) is 5.41 Å². The van der Waals surface area contributed by atoms with Crippen LogP contribution in [0.15, 0.2) is 0 Å². The summed E-state index contributed by atoms with van der Waals surface area (Å²) >= 11 is 2.04. The summed E-state index contributed by atoms with van der Waals surface area (Å²) in [5.74, 6) is 3.72. The zero-order valence-corrected chi connectivity index (χ0v) is 8.45. The summed E-state index contributed by atoms with van der Waals surface area (Å²) in [6.45, 7) is 1.78. The van der Waals surface area contributed by atoms with Crippen LogP contribution in [0.25, 0.3) is 0 Å². The average Bonchev–Trinajstić information content (AvgIpc) is 2.86. The minimum Gasteiger partial charge on any atom is -0.299 e. The smallest absolute Gasteiger partial charge is 0.136 e. The van der Waals surface area contributed by atoms with Crippen molar-refractivity contribution in [3.05, 3.63) is 0 Å². The van der Waals surface area contributed by atoms with Gasteiger partial charge in [-0.15, -0.1) is 0 Å². The molecule has 1 aliphatic carbocycles. The molecule has 68 valence electrons. The fourth-order valence-corrected chi connectivity index (χ4v) is 3.67. The Morgan fingerprint density at radius 2 is 2.25 bits per heavy atom. The Hall–Kier alpha value is 0.0200. The van der Waals surface area contributed by atoms with E-state index in [1.165, 1.54) is 37.2 Å². The molecule has 2 heteroatoms. The van der Waals surface area contributed by atoms with Gasteiger partial charge in [0.15, 0.2) is 0 Å². The molecule has 2 fully saturated rings. The molecule has 0 radical (unpaired) electrons. The van der Waals surface area contributed by atoms with Crippen LogP contribution in [0.2, 0.25) is 0 Å². The van der Waals surface area contributed by atoms with Crippen LogP contribution >= 0.6 is 11.8 Å². The summed E-state index contributed by atoms with van der Waals surface area (Å²) in [4.78, 5) is 11.4. The molecule has 1 atom stereocenters. The Morgan fingerprint density at radius 3 is 2.67 bits per heavy atom. The maximum absolute atomic E-state index is 11.4. The summed E-state index contributed by atoms with van der Waals surface area (Å²) in [5.41, 5.74) is 0.160. The number of rotatable bonds is 2. The van der Waals surface area contributed by atoms with E-state index in [0.29, 0.717) is 11.7 Å². The fraction of sp³-hybridized carbons (Fsp3) is 0.900. The van der Waals surface area contributed by atoms with Crippen molar-refractivity contribution >= 4 is 17.5 Å². The lowest BCUT2D eigenvalue weighted by Gasteiger charge is -2.28. The maximum Gasteiger partial charge on any atom is 0.136 e. The SMILES string of the molecule is CC(=O)C1(C2CCCSC2)CC1. The van der Waals surface area contributed by atoms with Crippen molar-refractivity contribution in [3.8, 4) is 0 Å². The van der Waals surface area contributed by atoms with Crippen LogP contribution in [0.3, 0.4) is 0 Å². The van der Waals surface area contributed by atoms with Crippen molar-refractivity contribution in [1.29, 1.82) is 0 Å². The normalized spacial score (nSPS) is 32.9. The predicted octanol–water partition coefficient (Wildman–Crippen LogP) is 2.50. The standard InChI is InChI=1S/C10H16OS/c1-8(11)10(4-5-10)9-3-2-6-12-7-9/h9H,2-7H2,1H3. The minimum atomic E-state index is 0.160. The largest absolute Gasteiger partial charge is 0.299 e. The van der Waals surface area contributed by atoms with E-state index in [4.69, 9.17) is 0 Å². The first kappa shape index (κ1) is 8.61. The van der Waals surface area contributed by atoms with Gasteiger partial charge in [0.2, 0.25) is 0 Å². The van der Waals surface area contributed by atoms with Gasteiger partial charge in [-0.05, 0) is 50.0 Å². The molecule has 0 N–H and O–H groups in total. The van der Waals surface area contributed by atoms with E-state index in [2.05, 4.69) is 0 Å². The van der Waals surface area contributed by atoms with E-state index >= 15 is 0 Å². The molecular formula is C10H16OS. The number of hydrogen-bond donors (Lipinski definition) is 0. The predicted molar refractivity (Wildman–Crippen MR) is 52.4 cm³/mol. The summed E-state index contributed by atoms with van der Waals surface area (Å²) < 4.78 is 0. The van der Waals surface area contributed by atoms with Crippen molar-refractivity contribution in [2.75, 3.05) is 11.5 Å².